The normalized spacial score (nSPS) is 16.1. The first-order chi connectivity index (χ1) is 9.27. The summed E-state index contributed by atoms with van der Waals surface area (Å²) >= 11 is 0. The van der Waals surface area contributed by atoms with Crippen LogP contribution in [0, 0.1) is 13.8 Å². The van der Waals surface area contributed by atoms with Crippen molar-refractivity contribution in [2.45, 2.75) is 20.3 Å². The molecule has 2 nitrogen and oxygen atoms in total. The molecule has 0 radical (unpaired) electrons. The smallest absolute Gasteiger partial charge is 0.0656 e. The molecule has 0 N–H and O–H groups in total. The lowest BCUT2D eigenvalue weighted by Crippen LogP contribution is -2.39. The first kappa shape index (κ1) is 10.9. The SMILES string of the molecule is Cc1cccc2c1-c1c(C)cccc1N1CCCN21. The van der Waals surface area contributed by atoms with Crippen molar-refractivity contribution in [3.8, 4) is 11.1 Å². The molecule has 0 bridgehead atoms. The maximum Gasteiger partial charge on any atom is 0.0656 e. The van der Waals surface area contributed by atoms with E-state index in [0.717, 1.165) is 13.1 Å². The van der Waals surface area contributed by atoms with Gasteiger partial charge in [0.2, 0.25) is 0 Å². The molecule has 2 aromatic carbocycles. The zero-order valence-electron chi connectivity index (χ0n) is 11.5. The van der Waals surface area contributed by atoms with Crippen LogP contribution in [0.3, 0.4) is 0 Å². The molecule has 0 atom stereocenters. The number of nitrogens with zero attached hydrogens (tertiary/aromatic N) is 2. The highest BCUT2D eigenvalue weighted by Gasteiger charge is 2.32. The summed E-state index contributed by atoms with van der Waals surface area (Å²) in [5.74, 6) is 0. The number of rotatable bonds is 0. The van der Waals surface area contributed by atoms with Gasteiger partial charge in [-0.25, -0.2) is 0 Å². The number of fused-ring (bicyclic) bond motifs is 6. The van der Waals surface area contributed by atoms with Crippen molar-refractivity contribution in [1.29, 1.82) is 0 Å². The molecule has 0 aromatic heterocycles. The van der Waals surface area contributed by atoms with Gasteiger partial charge in [-0.3, -0.25) is 10.0 Å². The van der Waals surface area contributed by atoms with Crippen molar-refractivity contribution < 1.29 is 0 Å². The van der Waals surface area contributed by atoms with Crippen LogP contribution < -0.4 is 10.0 Å². The highest BCUT2D eigenvalue weighted by molar-refractivity contribution is 5.95. The number of hydrogen-bond acceptors (Lipinski definition) is 2. The third kappa shape index (κ3) is 1.37. The van der Waals surface area contributed by atoms with Crippen LogP contribution in [0.2, 0.25) is 0 Å². The second kappa shape index (κ2) is 3.77. The molecule has 0 aliphatic carbocycles. The average Bonchev–Trinajstić information content (AvgIpc) is 2.89. The molecule has 19 heavy (non-hydrogen) atoms. The van der Waals surface area contributed by atoms with Crippen LogP contribution in [0.15, 0.2) is 36.4 Å². The second-order valence-corrected chi connectivity index (χ2v) is 5.54. The van der Waals surface area contributed by atoms with Crippen LogP contribution in [0.4, 0.5) is 11.4 Å². The van der Waals surface area contributed by atoms with E-state index >= 15 is 0 Å². The Labute approximate surface area is 114 Å². The van der Waals surface area contributed by atoms with Gasteiger partial charge in [-0.05, 0) is 43.5 Å². The van der Waals surface area contributed by atoms with Crippen molar-refractivity contribution >= 4 is 11.4 Å². The molecule has 2 aromatic rings. The van der Waals surface area contributed by atoms with E-state index in [1.165, 1.54) is 40.0 Å². The van der Waals surface area contributed by atoms with Crippen molar-refractivity contribution in [1.82, 2.24) is 0 Å². The Kier molecular flexibility index (Phi) is 2.16. The van der Waals surface area contributed by atoms with E-state index in [9.17, 15) is 0 Å². The van der Waals surface area contributed by atoms with Crippen molar-refractivity contribution in [3.05, 3.63) is 47.5 Å². The third-order valence-electron chi connectivity index (χ3n) is 4.34. The number of hydrazine groups is 1. The molecule has 2 aliphatic heterocycles. The van der Waals surface area contributed by atoms with Crippen molar-refractivity contribution in [2.24, 2.45) is 0 Å². The minimum atomic E-state index is 1.13. The molecule has 2 heterocycles. The summed E-state index contributed by atoms with van der Waals surface area (Å²) in [6.45, 7) is 6.70. The lowest BCUT2D eigenvalue weighted by molar-refractivity contribution is 0.879. The summed E-state index contributed by atoms with van der Waals surface area (Å²) < 4.78 is 0. The molecule has 0 unspecified atom stereocenters. The van der Waals surface area contributed by atoms with Gasteiger partial charge in [-0.1, -0.05) is 24.3 Å². The standard InChI is InChI=1S/C17H18N2/c1-12-6-3-8-14-16(12)17-13(2)7-4-9-15(17)19-11-5-10-18(14)19/h3-4,6-9H,5,10-11H2,1-2H3. The summed E-state index contributed by atoms with van der Waals surface area (Å²) in [5, 5.41) is 4.90. The van der Waals surface area contributed by atoms with Gasteiger partial charge in [-0.15, -0.1) is 0 Å². The second-order valence-electron chi connectivity index (χ2n) is 5.54. The van der Waals surface area contributed by atoms with Gasteiger partial charge in [0.25, 0.3) is 0 Å². The van der Waals surface area contributed by atoms with Gasteiger partial charge >= 0.3 is 0 Å². The lowest BCUT2D eigenvalue weighted by Gasteiger charge is -2.40. The van der Waals surface area contributed by atoms with Gasteiger partial charge in [0.05, 0.1) is 11.4 Å². The van der Waals surface area contributed by atoms with Crippen LogP contribution in [0.1, 0.15) is 17.5 Å². The topological polar surface area (TPSA) is 6.48 Å². The summed E-state index contributed by atoms with van der Waals surface area (Å²) in [4.78, 5) is 0. The maximum absolute atomic E-state index is 2.45. The van der Waals surface area contributed by atoms with Gasteiger partial charge in [-0.2, -0.15) is 0 Å². The van der Waals surface area contributed by atoms with E-state index in [1.807, 2.05) is 0 Å². The molecule has 96 valence electrons. The minimum absolute atomic E-state index is 1.13. The Hall–Kier alpha value is -1.96. The average molecular weight is 250 g/mol. The van der Waals surface area contributed by atoms with Gasteiger partial charge in [0, 0.05) is 24.2 Å². The van der Waals surface area contributed by atoms with Gasteiger partial charge < -0.3 is 0 Å². The van der Waals surface area contributed by atoms with Gasteiger partial charge in [0.1, 0.15) is 0 Å². The van der Waals surface area contributed by atoms with E-state index in [2.05, 4.69) is 60.3 Å². The van der Waals surface area contributed by atoms with Crippen molar-refractivity contribution in [3.63, 3.8) is 0 Å². The van der Waals surface area contributed by atoms with Gasteiger partial charge in [0.15, 0.2) is 0 Å². The molecule has 2 heteroatoms. The van der Waals surface area contributed by atoms with Crippen LogP contribution in [0.25, 0.3) is 11.1 Å². The third-order valence-corrected chi connectivity index (χ3v) is 4.34. The number of hydrogen-bond donors (Lipinski definition) is 0. The fraction of sp³-hybridized carbons (Fsp3) is 0.294. The molecule has 0 spiro atoms. The molecule has 1 saturated heterocycles. The fourth-order valence-electron chi connectivity index (χ4n) is 3.50. The zero-order chi connectivity index (χ0) is 13.0. The zero-order valence-corrected chi connectivity index (χ0v) is 11.5. The Balaban J connectivity index is 2.10. The van der Waals surface area contributed by atoms with Crippen LogP contribution >= 0.6 is 0 Å². The molecular weight excluding hydrogens is 232 g/mol. The van der Waals surface area contributed by atoms with E-state index in [1.54, 1.807) is 0 Å². The molecule has 4 rings (SSSR count). The Morgan fingerprint density at radius 2 is 1.21 bits per heavy atom. The predicted molar refractivity (Wildman–Crippen MR) is 80.7 cm³/mol. The lowest BCUT2D eigenvalue weighted by atomic mass is 9.91. The number of aryl methyl sites for hydroxylation is 2. The Morgan fingerprint density at radius 3 is 1.68 bits per heavy atom. The highest BCUT2D eigenvalue weighted by atomic mass is 15.7. The number of benzene rings is 2. The predicted octanol–water partition coefficient (Wildman–Crippen LogP) is 3.92. The molecule has 0 saturated carbocycles. The van der Waals surface area contributed by atoms with E-state index in [4.69, 9.17) is 0 Å². The van der Waals surface area contributed by atoms with E-state index in [-0.39, 0.29) is 0 Å². The quantitative estimate of drug-likeness (QED) is 0.699. The first-order valence-electron chi connectivity index (χ1n) is 7.02. The monoisotopic (exact) mass is 250 g/mol. The van der Waals surface area contributed by atoms with E-state index in [0.29, 0.717) is 0 Å². The summed E-state index contributed by atoms with van der Waals surface area (Å²) in [5.41, 5.74) is 8.35. The molecule has 1 fully saturated rings. The fourth-order valence-corrected chi connectivity index (χ4v) is 3.50. The largest absolute Gasteiger partial charge is 0.285 e. The van der Waals surface area contributed by atoms with Crippen LogP contribution in [-0.2, 0) is 0 Å². The molecular formula is C17H18N2. The van der Waals surface area contributed by atoms with Crippen LogP contribution in [0.5, 0.6) is 0 Å². The highest BCUT2D eigenvalue weighted by Crippen LogP contribution is 2.47. The number of anilines is 2. The summed E-state index contributed by atoms with van der Waals surface area (Å²) in [6.07, 6.45) is 1.24. The maximum atomic E-state index is 2.45. The summed E-state index contributed by atoms with van der Waals surface area (Å²) in [7, 11) is 0. The summed E-state index contributed by atoms with van der Waals surface area (Å²) in [6, 6.07) is 13.3. The van der Waals surface area contributed by atoms with Crippen LogP contribution in [-0.4, -0.2) is 13.1 Å². The minimum Gasteiger partial charge on any atom is -0.285 e. The Morgan fingerprint density at radius 1 is 0.737 bits per heavy atom. The first-order valence-corrected chi connectivity index (χ1v) is 7.02. The molecule has 0 amide bonds. The van der Waals surface area contributed by atoms with Crippen molar-refractivity contribution in [2.75, 3.05) is 23.1 Å². The molecule has 2 aliphatic rings. The van der Waals surface area contributed by atoms with E-state index < -0.39 is 0 Å². The Bertz CT molecular complexity index is 603.